The Kier molecular flexibility index (Phi) is 4.52. The highest BCUT2D eigenvalue weighted by Crippen LogP contribution is 2.20. The highest BCUT2D eigenvalue weighted by Gasteiger charge is 1.98. The van der Waals surface area contributed by atoms with E-state index in [2.05, 4.69) is 66.0 Å². The predicted octanol–water partition coefficient (Wildman–Crippen LogP) is 4.42. The van der Waals surface area contributed by atoms with Crippen molar-refractivity contribution in [3.63, 3.8) is 0 Å². The van der Waals surface area contributed by atoms with Gasteiger partial charge in [-0.25, -0.2) is 0 Å². The Morgan fingerprint density at radius 2 is 1.41 bits per heavy atom. The molecule has 0 saturated carbocycles. The van der Waals surface area contributed by atoms with E-state index < -0.39 is 0 Å². The summed E-state index contributed by atoms with van der Waals surface area (Å²) < 4.78 is 0. The topological polar surface area (TPSA) is 38.0 Å². The Morgan fingerprint density at radius 1 is 0.682 bits per heavy atom. The fraction of sp³-hybridized carbons (Fsp3) is 0.100. The van der Waals surface area contributed by atoms with Crippen LogP contribution in [0.25, 0.3) is 11.1 Å². The van der Waals surface area contributed by atoms with Gasteiger partial charge in [-0.3, -0.25) is 0 Å². The molecule has 22 heavy (non-hydrogen) atoms. The van der Waals surface area contributed by atoms with Gasteiger partial charge in [-0.1, -0.05) is 66.7 Å². The molecule has 0 aliphatic heterocycles. The minimum absolute atomic E-state index is 0.571. The van der Waals surface area contributed by atoms with Gasteiger partial charge in [0.1, 0.15) is 0 Å². The van der Waals surface area contributed by atoms with Crippen molar-refractivity contribution in [2.75, 3.05) is 5.32 Å². The number of nitrogens with two attached hydrogens (primary N) is 1. The van der Waals surface area contributed by atoms with E-state index in [9.17, 15) is 0 Å². The minimum Gasteiger partial charge on any atom is -0.381 e. The SMILES string of the molecule is NCc1cccc(NCc2ccc(-c3ccccc3)cc2)c1. The molecule has 0 atom stereocenters. The lowest BCUT2D eigenvalue weighted by Gasteiger charge is -2.09. The smallest absolute Gasteiger partial charge is 0.0400 e. The van der Waals surface area contributed by atoms with Gasteiger partial charge >= 0.3 is 0 Å². The summed E-state index contributed by atoms with van der Waals surface area (Å²) in [6.45, 7) is 1.38. The number of anilines is 1. The Balaban J connectivity index is 1.66. The molecule has 3 rings (SSSR count). The molecular formula is C20H20N2. The van der Waals surface area contributed by atoms with Gasteiger partial charge in [-0.05, 0) is 34.4 Å². The maximum absolute atomic E-state index is 5.67. The normalized spacial score (nSPS) is 10.4. The lowest BCUT2D eigenvalue weighted by atomic mass is 10.0. The van der Waals surface area contributed by atoms with Gasteiger partial charge in [-0.2, -0.15) is 0 Å². The maximum atomic E-state index is 5.67. The first-order chi connectivity index (χ1) is 10.8. The van der Waals surface area contributed by atoms with E-state index >= 15 is 0 Å². The monoisotopic (exact) mass is 288 g/mol. The molecular weight excluding hydrogens is 268 g/mol. The third-order valence-corrected chi connectivity index (χ3v) is 3.72. The average molecular weight is 288 g/mol. The summed E-state index contributed by atoms with van der Waals surface area (Å²) in [4.78, 5) is 0. The zero-order valence-corrected chi connectivity index (χ0v) is 12.5. The van der Waals surface area contributed by atoms with Crippen molar-refractivity contribution in [2.24, 2.45) is 5.73 Å². The van der Waals surface area contributed by atoms with Gasteiger partial charge in [0, 0.05) is 18.8 Å². The minimum atomic E-state index is 0.571. The van der Waals surface area contributed by atoms with Crippen molar-refractivity contribution < 1.29 is 0 Å². The lowest BCUT2D eigenvalue weighted by Crippen LogP contribution is -2.01. The molecule has 110 valence electrons. The molecule has 0 bridgehead atoms. The standard InChI is InChI=1S/C20H20N2/c21-14-17-5-4-8-20(13-17)22-15-16-9-11-19(12-10-16)18-6-2-1-3-7-18/h1-13,22H,14-15,21H2. The number of hydrogen-bond donors (Lipinski definition) is 2. The average Bonchev–Trinajstić information content (AvgIpc) is 2.61. The Morgan fingerprint density at radius 3 is 2.14 bits per heavy atom. The maximum Gasteiger partial charge on any atom is 0.0400 e. The van der Waals surface area contributed by atoms with Crippen LogP contribution in [0.3, 0.4) is 0 Å². The summed E-state index contributed by atoms with van der Waals surface area (Å²) in [6.07, 6.45) is 0. The van der Waals surface area contributed by atoms with Crippen molar-refractivity contribution in [1.29, 1.82) is 0 Å². The molecule has 0 radical (unpaired) electrons. The summed E-state index contributed by atoms with van der Waals surface area (Å²) >= 11 is 0. The molecule has 3 aromatic carbocycles. The quantitative estimate of drug-likeness (QED) is 0.729. The molecule has 0 saturated heterocycles. The van der Waals surface area contributed by atoms with Crippen LogP contribution in [0, 0.1) is 0 Å². The molecule has 0 amide bonds. The molecule has 0 aliphatic rings. The first-order valence-electron chi connectivity index (χ1n) is 7.52. The van der Waals surface area contributed by atoms with Crippen molar-refractivity contribution in [3.8, 4) is 11.1 Å². The van der Waals surface area contributed by atoms with Crippen molar-refractivity contribution in [1.82, 2.24) is 0 Å². The van der Waals surface area contributed by atoms with E-state index in [1.165, 1.54) is 16.7 Å². The molecule has 0 spiro atoms. The second kappa shape index (κ2) is 6.92. The van der Waals surface area contributed by atoms with Gasteiger partial charge in [-0.15, -0.1) is 0 Å². The van der Waals surface area contributed by atoms with Crippen LogP contribution in [-0.4, -0.2) is 0 Å². The van der Waals surface area contributed by atoms with Crippen LogP contribution < -0.4 is 11.1 Å². The van der Waals surface area contributed by atoms with Crippen LogP contribution in [0.5, 0.6) is 0 Å². The molecule has 2 heteroatoms. The van der Waals surface area contributed by atoms with E-state index in [4.69, 9.17) is 5.73 Å². The number of nitrogens with one attached hydrogen (secondary N) is 1. The molecule has 0 unspecified atom stereocenters. The lowest BCUT2D eigenvalue weighted by molar-refractivity contribution is 1.07. The summed E-state index contributed by atoms with van der Waals surface area (Å²) in [7, 11) is 0. The fourth-order valence-corrected chi connectivity index (χ4v) is 2.46. The van der Waals surface area contributed by atoms with Gasteiger partial charge in [0.15, 0.2) is 0 Å². The Labute approximate surface area is 131 Å². The molecule has 2 nitrogen and oxygen atoms in total. The second-order valence-corrected chi connectivity index (χ2v) is 5.32. The van der Waals surface area contributed by atoms with Crippen LogP contribution in [0.2, 0.25) is 0 Å². The summed E-state index contributed by atoms with van der Waals surface area (Å²) in [5, 5.41) is 3.44. The zero-order chi connectivity index (χ0) is 15.2. The number of hydrogen-bond acceptors (Lipinski definition) is 2. The van der Waals surface area contributed by atoms with Crippen LogP contribution in [-0.2, 0) is 13.1 Å². The van der Waals surface area contributed by atoms with Crippen LogP contribution >= 0.6 is 0 Å². The van der Waals surface area contributed by atoms with E-state index in [1.54, 1.807) is 0 Å². The molecule has 3 N–H and O–H groups in total. The molecule has 0 aliphatic carbocycles. The first-order valence-corrected chi connectivity index (χ1v) is 7.52. The van der Waals surface area contributed by atoms with Gasteiger partial charge in [0.05, 0.1) is 0 Å². The first kappa shape index (κ1) is 14.4. The number of rotatable bonds is 5. The molecule has 0 heterocycles. The molecule has 0 aromatic heterocycles. The Bertz CT molecular complexity index is 718. The third kappa shape index (κ3) is 3.54. The van der Waals surface area contributed by atoms with E-state index in [0.29, 0.717) is 6.54 Å². The molecule has 0 fully saturated rings. The second-order valence-electron chi connectivity index (χ2n) is 5.32. The van der Waals surface area contributed by atoms with E-state index in [1.807, 2.05) is 18.2 Å². The summed E-state index contributed by atoms with van der Waals surface area (Å²) in [5.74, 6) is 0. The van der Waals surface area contributed by atoms with Crippen LogP contribution in [0.4, 0.5) is 5.69 Å². The Hall–Kier alpha value is -2.58. The number of benzene rings is 3. The molecule has 3 aromatic rings. The fourth-order valence-electron chi connectivity index (χ4n) is 2.46. The highest BCUT2D eigenvalue weighted by molar-refractivity contribution is 5.63. The van der Waals surface area contributed by atoms with E-state index in [-0.39, 0.29) is 0 Å². The van der Waals surface area contributed by atoms with E-state index in [0.717, 1.165) is 17.8 Å². The summed E-state index contributed by atoms with van der Waals surface area (Å²) in [6, 6.07) is 27.3. The summed E-state index contributed by atoms with van der Waals surface area (Å²) in [5.41, 5.74) is 11.7. The largest absolute Gasteiger partial charge is 0.381 e. The van der Waals surface area contributed by atoms with Gasteiger partial charge in [0.25, 0.3) is 0 Å². The van der Waals surface area contributed by atoms with Crippen molar-refractivity contribution in [3.05, 3.63) is 90.0 Å². The third-order valence-electron chi connectivity index (χ3n) is 3.72. The van der Waals surface area contributed by atoms with Crippen LogP contribution in [0.1, 0.15) is 11.1 Å². The van der Waals surface area contributed by atoms with Gasteiger partial charge in [0.2, 0.25) is 0 Å². The van der Waals surface area contributed by atoms with Gasteiger partial charge < -0.3 is 11.1 Å². The zero-order valence-electron chi connectivity index (χ0n) is 12.5. The van der Waals surface area contributed by atoms with Crippen molar-refractivity contribution >= 4 is 5.69 Å². The predicted molar refractivity (Wildman–Crippen MR) is 93.5 cm³/mol. The highest BCUT2D eigenvalue weighted by atomic mass is 14.9. The van der Waals surface area contributed by atoms with Crippen molar-refractivity contribution in [2.45, 2.75) is 13.1 Å². The van der Waals surface area contributed by atoms with Crippen LogP contribution in [0.15, 0.2) is 78.9 Å².